The molecule has 7 nitrogen and oxygen atoms in total. The fraction of sp³-hybridized carbons (Fsp3) is 0.630. The number of nitrogens with zero attached hydrogens (tertiary/aromatic N) is 3. The Balaban J connectivity index is 1.40. The van der Waals surface area contributed by atoms with Crippen molar-refractivity contribution in [2.75, 3.05) is 19.6 Å². The number of fused-ring (bicyclic) bond motifs is 4. The first-order valence-electron chi connectivity index (χ1n) is 12.9. The number of rotatable bonds is 3. The van der Waals surface area contributed by atoms with E-state index >= 15 is 0 Å². The molecule has 3 aliphatic heterocycles. The van der Waals surface area contributed by atoms with Crippen molar-refractivity contribution in [3.05, 3.63) is 35.5 Å². The second kappa shape index (κ2) is 7.82. The molecule has 1 spiro atoms. The topological polar surface area (TPSA) is 79.6 Å². The Labute approximate surface area is 201 Å². The number of likely N-dealkylation sites (tertiary alicyclic amines) is 1. The summed E-state index contributed by atoms with van der Waals surface area (Å²) < 4.78 is 8.88. The van der Waals surface area contributed by atoms with E-state index < -0.39 is 5.60 Å². The van der Waals surface area contributed by atoms with Gasteiger partial charge in [0.2, 0.25) is 5.91 Å². The first-order valence-corrected chi connectivity index (χ1v) is 12.9. The van der Waals surface area contributed by atoms with Gasteiger partial charge in [-0.2, -0.15) is 5.10 Å². The van der Waals surface area contributed by atoms with Gasteiger partial charge in [-0.05, 0) is 57.7 Å². The third-order valence-electron chi connectivity index (χ3n) is 8.54. The van der Waals surface area contributed by atoms with Gasteiger partial charge < -0.3 is 20.1 Å². The molecule has 1 aromatic carbocycles. The summed E-state index contributed by atoms with van der Waals surface area (Å²) in [5.41, 5.74) is 3.32. The van der Waals surface area contributed by atoms with Gasteiger partial charge in [-0.15, -0.1) is 0 Å². The fourth-order valence-electron chi connectivity index (χ4n) is 6.49. The molecule has 1 aliphatic carbocycles. The van der Waals surface area contributed by atoms with E-state index in [1.165, 1.54) is 0 Å². The van der Waals surface area contributed by atoms with Gasteiger partial charge in [0, 0.05) is 48.5 Å². The van der Waals surface area contributed by atoms with Crippen LogP contribution >= 0.6 is 0 Å². The Kier molecular flexibility index (Phi) is 5.08. The number of carbonyl (C=O) groups is 1. The summed E-state index contributed by atoms with van der Waals surface area (Å²) in [6.45, 7) is 8.85. The van der Waals surface area contributed by atoms with Crippen molar-refractivity contribution in [1.82, 2.24) is 20.0 Å². The van der Waals surface area contributed by atoms with Crippen LogP contribution in [0.4, 0.5) is 0 Å². The summed E-state index contributed by atoms with van der Waals surface area (Å²) in [5.74, 6) is 1.87. The van der Waals surface area contributed by atoms with E-state index in [1.807, 2.05) is 23.1 Å². The molecular formula is C27H36N4O3. The zero-order valence-corrected chi connectivity index (χ0v) is 20.5. The van der Waals surface area contributed by atoms with Crippen molar-refractivity contribution >= 4 is 5.91 Å². The number of carbonyl (C=O) groups excluding carboxylic acids is 1. The first kappa shape index (κ1) is 22.1. The van der Waals surface area contributed by atoms with E-state index in [0.29, 0.717) is 24.9 Å². The molecule has 0 bridgehead atoms. The quantitative estimate of drug-likeness (QED) is 0.726. The molecule has 3 atom stereocenters. The van der Waals surface area contributed by atoms with E-state index in [9.17, 15) is 9.90 Å². The maximum Gasteiger partial charge on any atom is 0.225 e. The van der Waals surface area contributed by atoms with E-state index in [4.69, 9.17) is 9.84 Å². The number of hydrogen-bond donors (Lipinski definition) is 2. The Bertz CT molecular complexity index is 1120. The number of aliphatic hydroxyl groups is 1. The molecule has 1 aromatic heterocycles. The van der Waals surface area contributed by atoms with Crippen LogP contribution in [0.25, 0.3) is 11.3 Å². The summed E-state index contributed by atoms with van der Waals surface area (Å²) in [7, 11) is 0. The van der Waals surface area contributed by atoms with Crippen LogP contribution in [0, 0.1) is 11.8 Å². The molecule has 4 heterocycles. The zero-order valence-electron chi connectivity index (χ0n) is 20.5. The van der Waals surface area contributed by atoms with Crippen molar-refractivity contribution in [3.8, 4) is 17.0 Å². The predicted molar refractivity (Wildman–Crippen MR) is 129 cm³/mol. The summed E-state index contributed by atoms with van der Waals surface area (Å²) in [6, 6.07) is 8.34. The molecule has 1 saturated carbocycles. The van der Waals surface area contributed by atoms with Gasteiger partial charge in [0.15, 0.2) is 0 Å². The number of benzene rings is 1. The van der Waals surface area contributed by atoms with Gasteiger partial charge in [0.05, 0.1) is 18.3 Å². The van der Waals surface area contributed by atoms with Crippen LogP contribution in [-0.2, 0) is 17.0 Å². The molecule has 6 rings (SSSR count). The number of piperidine rings is 2. The fourth-order valence-corrected chi connectivity index (χ4v) is 6.49. The summed E-state index contributed by atoms with van der Waals surface area (Å²) in [5, 5.41) is 19.4. The second-order valence-corrected chi connectivity index (χ2v) is 11.5. The van der Waals surface area contributed by atoms with Gasteiger partial charge in [-0.3, -0.25) is 9.48 Å². The Morgan fingerprint density at radius 1 is 1.26 bits per heavy atom. The van der Waals surface area contributed by atoms with Crippen LogP contribution in [0.3, 0.4) is 0 Å². The predicted octanol–water partition coefficient (Wildman–Crippen LogP) is 3.61. The number of ether oxygens (including phenoxy) is 1. The maximum atomic E-state index is 12.9. The lowest BCUT2D eigenvalue weighted by Crippen LogP contribution is -2.50. The molecule has 0 radical (unpaired) electrons. The lowest BCUT2D eigenvalue weighted by molar-refractivity contribution is -0.136. The van der Waals surface area contributed by atoms with Crippen LogP contribution in [0.2, 0.25) is 0 Å². The van der Waals surface area contributed by atoms with Crippen LogP contribution in [0.15, 0.2) is 24.3 Å². The highest BCUT2D eigenvalue weighted by Crippen LogP contribution is 2.52. The smallest absolute Gasteiger partial charge is 0.225 e. The molecule has 34 heavy (non-hydrogen) atoms. The standard InChI is InChI=1S/C27H36N4O3/c1-17-14-20(17)25(33)30-12-9-27(10-13-30)23-21(16-32)31(18-8-11-28-26(2,3)15-18)29-24(23)19-6-4-5-7-22(19)34-27/h4-7,17-18,20,28,32H,8-16H2,1-3H3/t17-,18?,20-/m0/s1. The number of hydrogen-bond acceptors (Lipinski definition) is 5. The number of para-hydroxylation sites is 1. The second-order valence-electron chi connectivity index (χ2n) is 11.5. The Morgan fingerprint density at radius 2 is 2.00 bits per heavy atom. The van der Waals surface area contributed by atoms with Gasteiger partial charge in [-0.1, -0.05) is 19.1 Å². The largest absolute Gasteiger partial charge is 0.482 e. The van der Waals surface area contributed by atoms with Crippen LogP contribution in [0.1, 0.15) is 70.2 Å². The van der Waals surface area contributed by atoms with Crippen molar-refractivity contribution in [3.63, 3.8) is 0 Å². The van der Waals surface area contributed by atoms with Crippen LogP contribution in [0.5, 0.6) is 5.75 Å². The SMILES string of the molecule is C[C@H]1C[C@@H]1C(=O)N1CCC2(CC1)Oc1ccccc1-c1nn(C3CCNC(C)(C)C3)c(CO)c12. The zero-order chi connectivity index (χ0) is 23.7. The van der Waals surface area contributed by atoms with Gasteiger partial charge in [0.25, 0.3) is 0 Å². The van der Waals surface area contributed by atoms with Crippen LogP contribution < -0.4 is 10.1 Å². The maximum absolute atomic E-state index is 12.9. The van der Waals surface area contributed by atoms with Crippen molar-refractivity contribution in [2.45, 2.75) is 76.7 Å². The lowest BCUT2D eigenvalue weighted by atomic mass is 9.79. The number of amides is 1. The number of aromatic nitrogens is 2. The highest BCUT2D eigenvalue weighted by molar-refractivity contribution is 5.82. The van der Waals surface area contributed by atoms with Gasteiger partial charge in [0.1, 0.15) is 17.0 Å². The average molecular weight is 465 g/mol. The number of nitrogens with one attached hydrogen (secondary N) is 1. The Hall–Kier alpha value is -2.38. The first-order chi connectivity index (χ1) is 16.3. The van der Waals surface area contributed by atoms with Gasteiger partial charge in [-0.25, -0.2) is 0 Å². The highest BCUT2D eigenvalue weighted by Gasteiger charge is 2.50. The Morgan fingerprint density at radius 3 is 2.68 bits per heavy atom. The molecule has 1 unspecified atom stereocenters. The van der Waals surface area contributed by atoms with E-state index in [1.54, 1.807) is 0 Å². The van der Waals surface area contributed by atoms with Crippen LogP contribution in [-0.4, -0.2) is 50.9 Å². The molecular weight excluding hydrogens is 428 g/mol. The molecule has 7 heteroatoms. The summed E-state index contributed by atoms with van der Waals surface area (Å²) >= 11 is 0. The summed E-state index contributed by atoms with van der Waals surface area (Å²) in [6.07, 6.45) is 4.39. The molecule has 2 aromatic rings. The third kappa shape index (κ3) is 3.47. The molecule has 3 fully saturated rings. The monoisotopic (exact) mass is 464 g/mol. The minimum atomic E-state index is -0.561. The molecule has 2 saturated heterocycles. The minimum absolute atomic E-state index is 0.0276. The van der Waals surface area contributed by atoms with Crippen molar-refractivity contribution in [2.24, 2.45) is 11.8 Å². The average Bonchev–Trinajstić information content (AvgIpc) is 3.41. The third-order valence-corrected chi connectivity index (χ3v) is 8.54. The summed E-state index contributed by atoms with van der Waals surface area (Å²) in [4.78, 5) is 14.9. The van der Waals surface area contributed by atoms with Crippen molar-refractivity contribution in [1.29, 1.82) is 0 Å². The lowest BCUT2D eigenvalue weighted by Gasteiger charge is -2.44. The number of aliphatic hydroxyl groups excluding tert-OH is 1. The molecule has 2 N–H and O–H groups in total. The molecule has 1 amide bonds. The van der Waals surface area contributed by atoms with Crippen molar-refractivity contribution < 1.29 is 14.6 Å². The normalized spacial score (nSPS) is 28.7. The molecule has 4 aliphatic rings. The van der Waals surface area contributed by atoms with E-state index in [2.05, 4.69) is 36.8 Å². The minimum Gasteiger partial charge on any atom is -0.482 e. The van der Waals surface area contributed by atoms with Gasteiger partial charge >= 0.3 is 0 Å². The van der Waals surface area contributed by atoms with E-state index in [0.717, 1.165) is 66.9 Å². The molecule has 182 valence electrons. The highest BCUT2D eigenvalue weighted by atomic mass is 16.5. The van der Waals surface area contributed by atoms with E-state index in [-0.39, 0.29) is 24.1 Å².